The summed E-state index contributed by atoms with van der Waals surface area (Å²) in [7, 11) is 1.83. The van der Waals surface area contributed by atoms with Gasteiger partial charge in [0.2, 0.25) is 0 Å². The first-order valence-corrected chi connectivity index (χ1v) is 9.64. The van der Waals surface area contributed by atoms with Crippen LogP contribution in [0, 0.1) is 5.82 Å². The van der Waals surface area contributed by atoms with Gasteiger partial charge in [0, 0.05) is 25.1 Å². The number of imidazole rings is 1. The standard InChI is InChI=1S/C22H17F4N5O2/c1-30-11-10-27-19(30)13-33-15-8-6-14(7-9-15)29-21(32)16-12-28-31(20(16)22(24,25)26)18-5-3-2-4-17(18)23/h2-12H,13H2,1H3,(H,29,32). The number of hydrogen-bond donors (Lipinski definition) is 1. The van der Waals surface area contributed by atoms with Gasteiger partial charge in [0.05, 0.1) is 11.8 Å². The van der Waals surface area contributed by atoms with E-state index < -0.39 is 34.8 Å². The fourth-order valence-corrected chi connectivity index (χ4v) is 3.11. The maximum atomic E-state index is 14.1. The minimum Gasteiger partial charge on any atom is -0.486 e. The smallest absolute Gasteiger partial charge is 0.434 e. The maximum absolute atomic E-state index is 14.1. The van der Waals surface area contributed by atoms with Gasteiger partial charge in [-0.1, -0.05) is 12.1 Å². The SMILES string of the molecule is Cn1ccnc1COc1ccc(NC(=O)c2cnn(-c3ccccc3F)c2C(F)(F)F)cc1. The highest BCUT2D eigenvalue weighted by Gasteiger charge is 2.41. The lowest BCUT2D eigenvalue weighted by molar-refractivity contribution is -0.143. The quantitative estimate of drug-likeness (QED) is 0.428. The van der Waals surface area contributed by atoms with Crippen molar-refractivity contribution in [3.05, 3.63) is 90.0 Å². The van der Waals surface area contributed by atoms with Gasteiger partial charge in [-0.3, -0.25) is 4.79 Å². The lowest BCUT2D eigenvalue weighted by atomic mass is 10.2. The van der Waals surface area contributed by atoms with Crippen LogP contribution in [0.5, 0.6) is 5.75 Å². The van der Waals surface area contributed by atoms with Gasteiger partial charge in [-0.05, 0) is 36.4 Å². The second kappa shape index (κ2) is 8.77. The summed E-state index contributed by atoms with van der Waals surface area (Å²) in [5.41, 5.74) is -2.28. The number of rotatable bonds is 6. The van der Waals surface area contributed by atoms with Crippen LogP contribution in [-0.4, -0.2) is 25.2 Å². The number of amides is 1. The lowest BCUT2D eigenvalue weighted by Crippen LogP contribution is -2.21. The first-order valence-electron chi connectivity index (χ1n) is 9.64. The molecule has 4 rings (SSSR count). The Bertz CT molecular complexity index is 1280. The summed E-state index contributed by atoms with van der Waals surface area (Å²) in [5.74, 6) is -0.746. The van der Waals surface area contributed by atoms with Gasteiger partial charge in [-0.15, -0.1) is 0 Å². The van der Waals surface area contributed by atoms with Crippen LogP contribution in [0.3, 0.4) is 0 Å². The highest BCUT2D eigenvalue weighted by molar-refractivity contribution is 6.05. The zero-order valence-electron chi connectivity index (χ0n) is 17.2. The molecule has 7 nitrogen and oxygen atoms in total. The average molecular weight is 459 g/mol. The van der Waals surface area contributed by atoms with Gasteiger partial charge < -0.3 is 14.6 Å². The summed E-state index contributed by atoms with van der Waals surface area (Å²) in [6.45, 7) is 0.222. The number of halogens is 4. The van der Waals surface area contributed by atoms with Crippen molar-refractivity contribution in [3.63, 3.8) is 0 Å². The summed E-state index contributed by atoms with van der Waals surface area (Å²) in [4.78, 5) is 16.8. The third-order valence-corrected chi connectivity index (χ3v) is 4.76. The van der Waals surface area contributed by atoms with E-state index in [1.165, 1.54) is 24.3 Å². The summed E-state index contributed by atoms with van der Waals surface area (Å²) in [6.07, 6.45) is -0.773. The van der Waals surface area contributed by atoms with E-state index in [-0.39, 0.29) is 12.3 Å². The normalized spacial score (nSPS) is 11.4. The van der Waals surface area contributed by atoms with Crippen molar-refractivity contribution in [1.82, 2.24) is 19.3 Å². The molecule has 1 amide bonds. The molecule has 33 heavy (non-hydrogen) atoms. The summed E-state index contributed by atoms with van der Waals surface area (Å²) in [5, 5.41) is 6.01. The van der Waals surface area contributed by atoms with Crippen LogP contribution >= 0.6 is 0 Å². The van der Waals surface area contributed by atoms with Gasteiger partial charge in [-0.25, -0.2) is 14.1 Å². The predicted octanol–water partition coefficient (Wildman–Crippen LogP) is 4.60. The average Bonchev–Trinajstić information content (AvgIpc) is 3.40. The lowest BCUT2D eigenvalue weighted by Gasteiger charge is -2.13. The van der Waals surface area contributed by atoms with Gasteiger partial charge in [0.15, 0.2) is 5.69 Å². The van der Waals surface area contributed by atoms with Crippen molar-refractivity contribution in [2.75, 3.05) is 5.32 Å². The minimum atomic E-state index is -4.95. The minimum absolute atomic E-state index is 0.222. The third kappa shape index (κ3) is 4.71. The van der Waals surface area contributed by atoms with Crippen LogP contribution < -0.4 is 10.1 Å². The molecule has 170 valence electrons. The van der Waals surface area contributed by atoms with E-state index in [1.54, 1.807) is 29.1 Å². The number of ether oxygens (including phenoxy) is 1. The van der Waals surface area contributed by atoms with Crippen LogP contribution in [0.2, 0.25) is 0 Å². The number of alkyl halides is 3. The number of hydrogen-bond acceptors (Lipinski definition) is 4. The summed E-state index contributed by atoms with van der Waals surface area (Å²) >= 11 is 0. The van der Waals surface area contributed by atoms with Crippen LogP contribution in [0.4, 0.5) is 23.2 Å². The molecule has 0 spiro atoms. The maximum Gasteiger partial charge on any atom is 0.434 e. The number of carbonyl (C=O) groups is 1. The highest BCUT2D eigenvalue weighted by atomic mass is 19.4. The van der Waals surface area contributed by atoms with Gasteiger partial charge in [0.25, 0.3) is 5.91 Å². The van der Waals surface area contributed by atoms with Gasteiger partial charge >= 0.3 is 6.18 Å². The van der Waals surface area contributed by atoms with Crippen molar-refractivity contribution in [1.29, 1.82) is 0 Å². The van der Waals surface area contributed by atoms with Crippen molar-refractivity contribution >= 4 is 11.6 Å². The molecule has 0 fully saturated rings. The molecule has 0 bridgehead atoms. The van der Waals surface area contributed by atoms with Crippen molar-refractivity contribution in [2.45, 2.75) is 12.8 Å². The van der Waals surface area contributed by atoms with Crippen molar-refractivity contribution < 1.29 is 27.1 Å². The molecule has 2 aromatic carbocycles. The number of aryl methyl sites for hydroxylation is 1. The van der Waals surface area contributed by atoms with E-state index >= 15 is 0 Å². The number of para-hydroxylation sites is 1. The molecule has 11 heteroatoms. The number of carbonyl (C=O) groups excluding carboxylic acids is 1. The Hall–Kier alpha value is -4.15. The molecule has 1 N–H and O–H groups in total. The molecule has 0 aliphatic heterocycles. The Kier molecular flexibility index (Phi) is 5.86. The fourth-order valence-electron chi connectivity index (χ4n) is 3.11. The molecule has 2 aromatic heterocycles. The number of nitrogens with zero attached hydrogens (tertiary/aromatic N) is 4. The molecule has 0 aliphatic rings. The predicted molar refractivity (Wildman–Crippen MR) is 110 cm³/mol. The second-order valence-corrected chi connectivity index (χ2v) is 6.99. The molecule has 0 saturated heterocycles. The summed E-state index contributed by atoms with van der Waals surface area (Å²) in [6, 6.07) is 11.0. The highest BCUT2D eigenvalue weighted by Crippen LogP contribution is 2.34. The zero-order valence-corrected chi connectivity index (χ0v) is 17.2. The largest absolute Gasteiger partial charge is 0.486 e. The Morgan fingerprint density at radius 1 is 1.12 bits per heavy atom. The Morgan fingerprint density at radius 2 is 1.85 bits per heavy atom. The Morgan fingerprint density at radius 3 is 2.48 bits per heavy atom. The van der Waals surface area contributed by atoms with Crippen LogP contribution in [0.15, 0.2) is 67.1 Å². The van der Waals surface area contributed by atoms with Crippen LogP contribution in [0.25, 0.3) is 5.69 Å². The van der Waals surface area contributed by atoms with Crippen LogP contribution in [0.1, 0.15) is 21.9 Å². The molecule has 0 unspecified atom stereocenters. The van der Waals surface area contributed by atoms with E-state index in [0.29, 0.717) is 16.3 Å². The molecule has 2 heterocycles. The van der Waals surface area contributed by atoms with E-state index in [2.05, 4.69) is 15.4 Å². The number of anilines is 1. The Labute approximate surface area is 185 Å². The number of benzene rings is 2. The first-order chi connectivity index (χ1) is 15.7. The third-order valence-electron chi connectivity index (χ3n) is 4.76. The number of aromatic nitrogens is 4. The molecule has 0 atom stereocenters. The van der Waals surface area contributed by atoms with Crippen molar-refractivity contribution in [2.24, 2.45) is 7.05 Å². The fraction of sp³-hybridized carbons (Fsp3) is 0.136. The van der Waals surface area contributed by atoms with E-state index in [0.717, 1.165) is 18.3 Å². The molecule has 0 saturated carbocycles. The number of nitrogens with one attached hydrogen (secondary N) is 1. The molecule has 0 aliphatic carbocycles. The molecular formula is C22H17F4N5O2. The monoisotopic (exact) mass is 459 g/mol. The van der Waals surface area contributed by atoms with Gasteiger partial charge in [0.1, 0.15) is 29.7 Å². The van der Waals surface area contributed by atoms with E-state index in [9.17, 15) is 22.4 Å². The zero-order chi connectivity index (χ0) is 23.6. The van der Waals surface area contributed by atoms with Gasteiger partial charge in [-0.2, -0.15) is 18.3 Å². The van der Waals surface area contributed by atoms with Crippen LogP contribution in [-0.2, 0) is 19.8 Å². The second-order valence-electron chi connectivity index (χ2n) is 6.99. The topological polar surface area (TPSA) is 74.0 Å². The summed E-state index contributed by atoms with van der Waals surface area (Å²) < 4.78 is 63.1. The Balaban J connectivity index is 1.53. The molecule has 4 aromatic rings. The molecular weight excluding hydrogens is 442 g/mol. The van der Waals surface area contributed by atoms with E-state index in [1.807, 2.05) is 7.05 Å². The molecule has 0 radical (unpaired) electrons. The first kappa shape index (κ1) is 22.1. The van der Waals surface area contributed by atoms with E-state index in [4.69, 9.17) is 4.74 Å². The van der Waals surface area contributed by atoms with Crippen molar-refractivity contribution in [3.8, 4) is 11.4 Å².